The van der Waals surface area contributed by atoms with Gasteiger partial charge in [0, 0.05) is 17.6 Å². The molecule has 5 nitrogen and oxygen atoms in total. The van der Waals surface area contributed by atoms with Crippen LogP contribution >= 0.6 is 15.9 Å². The van der Waals surface area contributed by atoms with E-state index >= 15 is 0 Å². The van der Waals surface area contributed by atoms with E-state index in [1.54, 1.807) is 24.0 Å². The van der Waals surface area contributed by atoms with Gasteiger partial charge in [0.1, 0.15) is 5.75 Å². The van der Waals surface area contributed by atoms with E-state index in [9.17, 15) is 9.59 Å². The molecule has 1 aromatic carbocycles. The summed E-state index contributed by atoms with van der Waals surface area (Å²) in [5.74, 6) is -0.0584. The number of benzene rings is 1. The van der Waals surface area contributed by atoms with Gasteiger partial charge in [-0.25, -0.2) is 0 Å². The number of nitrogens with two attached hydrogens (primary N) is 1. The molecule has 1 aliphatic rings. The Morgan fingerprint density at radius 1 is 1.40 bits per heavy atom. The number of hydrogen-bond donors (Lipinski definition) is 1. The number of ether oxygens (including phenoxy) is 1. The van der Waals surface area contributed by atoms with E-state index in [-0.39, 0.29) is 17.7 Å². The molecule has 1 aromatic rings. The van der Waals surface area contributed by atoms with Crippen LogP contribution in [0.15, 0.2) is 28.7 Å². The van der Waals surface area contributed by atoms with Crippen molar-refractivity contribution in [1.29, 1.82) is 0 Å². The summed E-state index contributed by atoms with van der Waals surface area (Å²) in [6.45, 7) is 2.66. The minimum atomic E-state index is -0.581. The molecular weight excluding hydrogens is 324 g/mol. The van der Waals surface area contributed by atoms with Crippen LogP contribution in [-0.4, -0.2) is 35.9 Å². The zero-order chi connectivity index (χ0) is 14.7. The van der Waals surface area contributed by atoms with Crippen LogP contribution in [0, 0.1) is 5.92 Å². The molecule has 0 aliphatic carbocycles. The van der Waals surface area contributed by atoms with Crippen LogP contribution in [0.3, 0.4) is 0 Å². The van der Waals surface area contributed by atoms with Crippen LogP contribution in [0.5, 0.6) is 5.75 Å². The van der Waals surface area contributed by atoms with E-state index in [1.807, 2.05) is 12.1 Å². The smallest absolute Gasteiger partial charge is 0.263 e. The molecule has 2 atom stereocenters. The van der Waals surface area contributed by atoms with Crippen LogP contribution in [0.25, 0.3) is 0 Å². The lowest BCUT2D eigenvalue weighted by molar-refractivity contribution is -0.137. The Balaban J connectivity index is 1.92. The highest BCUT2D eigenvalue weighted by molar-refractivity contribution is 9.10. The summed E-state index contributed by atoms with van der Waals surface area (Å²) in [7, 11) is 0. The number of hydrogen-bond acceptors (Lipinski definition) is 3. The third-order valence-electron chi connectivity index (χ3n) is 3.38. The maximum atomic E-state index is 12.2. The Morgan fingerprint density at radius 2 is 2.05 bits per heavy atom. The molecule has 1 saturated heterocycles. The van der Waals surface area contributed by atoms with Crippen molar-refractivity contribution in [3.63, 3.8) is 0 Å². The monoisotopic (exact) mass is 340 g/mol. The summed E-state index contributed by atoms with van der Waals surface area (Å²) in [6.07, 6.45) is 0.0503. The molecule has 0 aromatic heterocycles. The highest BCUT2D eigenvalue weighted by Crippen LogP contribution is 2.20. The fraction of sp³-hybridized carbons (Fsp3) is 0.429. The Hall–Kier alpha value is -1.56. The molecular formula is C14H17BrN2O3. The molecule has 1 fully saturated rings. The fourth-order valence-corrected chi connectivity index (χ4v) is 2.48. The van der Waals surface area contributed by atoms with Crippen LogP contribution < -0.4 is 10.5 Å². The summed E-state index contributed by atoms with van der Waals surface area (Å²) in [6, 6.07) is 7.30. The van der Waals surface area contributed by atoms with Crippen LogP contribution in [-0.2, 0) is 9.59 Å². The lowest BCUT2D eigenvalue weighted by Crippen LogP contribution is -2.40. The van der Waals surface area contributed by atoms with E-state index in [2.05, 4.69) is 15.9 Å². The van der Waals surface area contributed by atoms with Gasteiger partial charge >= 0.3 is 0 Å². The predicted molar refractivity (Wildman–Crippen MR) is 78.1 cm³/mol. The molecule has 2 N–H and O–H groups in total. The fourth-order valence-electron chi connectivity index (χ4n) is 2.22. The average molecular weight is 341 g/mol. The number of nitrogens with zero attached hydrogens (tertiary/aromatic N) is 1. The first-order chi connectivity index (χ1) is 9.47. The minimum Gasteiger partial charge on any atom is -0.481 e. The number of carbonyl (C=O) groups is 2. The van der Waals surface area contributed by atoms with Crippen molar-refractivity contribution in [1.82, 2.24) is 4.90 Å². The van der Waals surface area contributed by atoms with Gasteiger partial charge < -0.3 is 15.4 Å². The number of rotatable bonds is 4. The van der Waals surface area contributed by atoms with E-state index in [0.29, 0.717) is 25.3 Å². The number of primary amides is 1. The number of likely N-dealkylation sites (tertiary alicyclic amines) is 1. The largest absolute Gasteiger partial charge is 0.481 e. The summed E-state index contributed by atoms with van der Waals surface area (Å²) in [5.41, 5.74) is 5.26. The van der Waals surface area contributed by atoms with Crippen LogP contribution in [0.2, 0.25) is 0 Å². The highest BCUT2D eigenvalue weighted by Gasteiger charge is 2.32. The summed E-state index contributed by atoms with van der Waals surface area (Å²) < 4.78 is 6.56. The molecule has 108 valence electrons. The lowest BCUT2D eigenvalue weighted by Gasteiger charge is -2.21. The van der Waals surface area contributed by atoms with Crippen molar-refractivity contribution in [2.75, 3.05) is 13.1 Å². The topological polar surface area (TPSA) is 72.6 Å². The van der Waals surface area contributed by atoms with Crippen molar-refractivity contribution >= 4 is 27.7 Å². The number of carbonyl (C=O) groups excluding carboxylic acids is 2. The molecule has 20 heavy (non-hydrogen) atoms. The Labute approximate surface area is 126 Å². The second-order valence-electron chi connectivity index (χ2n) is 4.89. The Bertz CT molecular complexity index is 504. The van der Waals surface area contributed by atoms with Crippen LogP contribution in [0.4, 0.5) is 0 Å². The molecule has 2 amide bonds. The molecule has 0 spiro atoms. The van der Waals surface area contributed by atoms with Gasteiger partial charge in [0.2, 0.25) is 5.91 Å². The normalized spacial score (nSPS) is 19.7. The summed E-state index contributed by atoms with van der Waals surface area (Å²) in [4.78, 5) is 25.0. The van der Waals surface area contributed by atoms with Crippen molar-refractivity contribution < 1.29 is 14.3 Å². The molecule has 6 heteroatoms. The molecule has 0 unspecified atom stereocenters. The van der Waals surface area contributed by atoms with Crippen molar-refractivity contribution in [2.24, 2.45) is 11.7 Å². The molecule has 1 heterocycles. The second kappa shape index (κ2) is 6.26. The first-order valence-electron chi connectivity index (χ1n) is 6.47. The highest BCUT2D eigenvalue weighted by atomic mass is 79.9. The van der Waals surface area contributed by atoms with Gasteiger partial charge in [-0.1, -0.05) is 15.9 Å². The summed E-state index contributed by atoms with van der Waals surface area (Å²) >= 11 is 3.34. The van der Waals surface area contributed by atoms with Gasteiger partial charge in [0.25, 0.3) is 5.91 Å². The van der Waals surface area contributed by atoms with Gasteiger partial charge in [0.05, 0.1) is 5.92 Å². The van der Waals surface area contributed by atoms with E-state index in [0.717, 1.165) is 4.47 Å². The second-order valence-corrected chi connectivity index (χ2v) is 5.80. The van der Waals surface area contributed by atoms with Gasteiger partial charge in [-0.05, 0) is 37.6 Å². The maximum Gasteiger partial charge on any atom is 0.263 e. The third-order valence-corrected chi connectivity index (χ3v) is 3.91. The van der Waals surface area contributed by atoms with Gasteiger partial charge in [-0.3, -0.25) is 9.59 Å². The van der Waals surface area contributed by atoms with E-state index in [1.165, 1.54) is 0 Å². The quantitative estimate of drug-likeness (QED) is 0.903. The Morgan fingerprint density at radius 3 is 2.60 bits per heavy atom. The van der Waals surface area contributed by atoms with E-state index in [4.69, 9.17) is 10.5 Å². The average Bonchev–Trinajstić information content (AvgIpc) is 2.90. The molecule has 2 rings (SSSR count). The SMILES string of the molecule is C[C@@H](Oc1ccc(Br)cc1)C(=O)N1CC[C@H](C(N)=O)C1. The molecule has 1 aliphatic heterocycles. The van der Waals surface area contributed by atoms with Crippen LogP contribution in [0.1, 0.15) is 13.3 Å². The first kappa shape index (κ1) is 14.8. The summed E-state index contributed by atoms with van der Waals surface area (Å²) in [5, 5.41) is 0. The van der Waals surface area contributed by atoms with Crippen molar-refractivity contribution in [3.05, 3.63) is 28.7 Å². The predicted octanol–water partition coefficient (Wildman–Crippen LogP) is 1.55. The maximum absolute atomic E-state index is 12.2. The lowest BCUT2D eigenvalue weighted by atomic mass is 10.1. The molecule has 0 bridgehead atoms. The van der Waals surface area contributed by atoms with Crippen molar-refractivity contribution in [2.45, 2.75) is 19.4 Å². The Kier molecular flexibility index (Phi) is 4.65. The zero-order valence-corrected chi connectivity index (χ0v) is 12.8. The van der Waals surface area contributed by atoms with Gasteiger partial charge in [-0.2, -0.15) is 0 Å². The van der Waals surface area contributed by atoms with Gasteiger partial charge in [0.15, 0.2) is 6.10 Å². The van der Waals surface area contributed by atoms with Gasteiger partial charge in [-0.15, -0.1) is 0 Å². The first-order valence-corrected chi connectivity index (χ1v) is 7.27. The van der Waals surface area contributed by atoms with Crippen molar-refractivity contribution in [3.8, 4) is 5.75 Å². The molecule has 0 saturated carbocycles. The number of amides is 2. The number of halogens is 1. The zero-order valence-electron chi connectivity index (χ0n) is 11.2. The van der Waals surface area contributed by atoms with E-state index < -0.39 is 6.10 Å². The third kappa shape index (κ3) is 3.50. The molecule has 0 radical (unpaired) electrons. The standard InChI is InChI=1S/C14H17BrN2O3/c1-9(20-12-4-2-11(15)3-5-12)14(19)17-7-6-10(8-17)13(16)18/h2-5,9-10H,6-8H2,1H3,(H2,16,18)/t9-,10+/m1/s1. The minimum absolute atomic E-state index is 0.114.